The molecular formula is C25H33Cl2N3O5S. The van der Waals surface area contributed by atoms with Gasteiger partial charge in [0.05, 0.1) is 18.6 Å². The summed E-state index contributed by atoms with van der Waals surface area (Å²) < 4.78 is 31.7. The highest BCUT2D eigenvalue weighted by Crippen LogP contribution is 2.25. The van der Waals surface area contributed by atoms with Crippen LogP contribution in [0.25, 0.3) is 0 Å². The smallest absolute Gasteiger partial charge is 0.244 e. The van der Waals surface area contributed by atoms with Crippen molar-refractivity contribution in [3.63, 3.8) is 0 Å². The molecule has 0 radical (unpaired) electrons. The summed E-state index contributed by atoms with van der Waals surface area (Å²) in [7, 11) is -3.83. The normalized spacial score (nSPS) is 13.0. The first-order valence-corrected chi connectivity index (χ1v) is 14.2. The van der Waals surface area contributed by atoms with Gasteiger partial charge in [-0.15, -0.1) is 0 Å². The van der Waals surface area contributed by atoms with E-state index < -0.39 is 28.5 Å². The number of nitrogens with one attached hydrogen (secondary N) is 1. The first-order chi connectivity index (χ1) is 16.9. The van der Waals surface area contributed by atoms with Gasteiger partial charge in [0, 0.05) is 22.6 Å². The molecule has 0 heterocycles. The van der Waals surface area contributed by atoms with E-state index in [1.54, 1.807) is 49.4 Å². The standard InChI is InChI=1S/C25H33Cl2N3O5S/c1-6-17(3)28-25(32)18(4)29(15-19-8-9-20(26)14-23(19)27)24(31)16-30(36(5,33)34)21-10-12-22(13-11-21)35-7-2/h8-14,17-18H,6-7,15-16H2,1-5H3,(H,28,32)/t17-,18-/m1/s1. The number of halogens is 2. The Hall–Kier alpha value is -2.49. The Morgan fingerprint density at radius 2 is 1.69 bits per heavy atom. The molecule has 0 saturated heterocycles. The highest BCUT2D eigenvalue weighted by Gasteiger charge is 2.30. The average molecular weight is 559 g/mol. The molecule has 0 saturated carbocycles. The lowest BCUT2D eigenvalue weighted by Crippen LogP contribution is -2.52. The lowest BCUT2D eigenvalue weighted by molar-refractivity contribution is -0.139. The van der Waals surface area contributed by atoms with Gasteiger partial charge in [0.25, 0.3) is 0 Å². The Kier molecular flexibility index (Phi) is 10.9. The molecule has 2 amide bonds. The summed E-state index contributed by atoms with van der Waals surface area (Å²) in [5.74, 6) is -0.336. The quantitative estimate of drug-likeness (QED) is 0.414. The third-order valence-corrected chi connectivity index (χ3v) is 7.37. The van der Waals surface area contributed by atoms with Crippen LogP contribution < -0.4 is 14.4 Å². The monoisotopic (exact) mass is 557 g/mol. The highest BCUT2D eigenvalue weighted by molar-refractivity contribution is 7.92. The second-order valence-corrected chi connectivity index (χ2v) is 11.2. The van der Waals surface area contributed by atoms with E-state index in [0.29, 0.717) is 33.7 Å². The number of amides is 2. The molecule has 2 rings (SSSR count). The predicted octanol–water partition coefficient (Wildman–Crippen LogP) is 4.49. The Morgan fingerprint density at radius 1 is 1.06 bits per heavy atom. The zero-order valence-electron chi connectivity index (χ0n) is 21.1. The lowest BCUT2D eigenvalue weighted by Gasteiger charge is -2.32. The fraction of sp³-hybridized carbons (Fsp3) is 0.440. The topological polar surface area (TPSA) is 96.0 Å². The average Bonchev–Trinajstić information content (AvgIpc) is 2.81. The van der Waals surface area contributed by atoms with E-state index in [1.165, 1.54) is 4.90 Å². The molecule has 8 nitrogen and oxygen atoms in total. The number of hydrogen-bond donors (Lipinski definition) is 1. The van der Waals surface area contributed by atoms with Crippen molar-refractivity contribution in [1.82, 2.24) is 10.2 Å². The van der Waals surface area contributed by atoms with Crippen molar-refractivity contribution >= 4 is 50.7 Å². The van der Waals surface area contributed by atoms with E-state index >= 15 is 0 Å². The van der Waals surface area contributed by atoms with Gasteiger partial charge in [-0.2, -0.15) is 0 Å². The van der Waals surface area contributed by atoms with Gasteiger partial charge in [-0.3, -0.25) is 13.9 Å². The molecule has 0 aromatic heterocycles. The predicted molar refractivity (Wildman–Crippen MR) is 144 cm³/mol. The van der Waals surface area contributed by atoms with Gasteiger partial charge in [-0.25, -0.2) is 8.42 Å². The van der Waals surface area contributed by atoms with Crippen LogP contribution in [0.3, 0.4) is 0 Å². The minimum atomic E-state index is -3.83. The molecule has 2 aromatic carbocycles. The summed E-state index contributed by atoms with van der Waals surface area (Å²) in [5.41, 5.74) is 0.875. The number of anilines is 1. The van der Waals surface area contributed by atoms with E-state index in [0.717, 1.165) is 17.0 Å². The van der Waals surface area contributed by atoms with Gasteiger partial charge in [0.15, 0.2) is 0 Å². The molecule has 0 aliphatic heterocycles. The van der Waals surface area contributed by atoms with E-state index in [9.17, 15) is 18.0 Å². The zero-order valence-corrected chi connectivity index (χ0v) is 23.5. The van der Waals surface area contributed by atoms with Gasteiger partial charge in [0.2, 0.25) is 21.8 Å². The number of nitrogens with zero attached hydrogens (tertiary/aromatic N) is 2. The SMILES string of the molecule is CCOc1ccc(N(CC(=O)N(Cc2ccc(Cl)cc2Cl)[C@H](C)C(=O)N[C@H](C)CC)S(C)(=O)=O)cc1. The van der Waals surface area contributed by atoms with E-state index in [4.69, 9.17) is 27.9 Å². The summed E-state index contributed by atoms with van der Waals surface area (Å²) in [6.45, 7) is 7.20. The Morgan fingerprint density at radius 3 is 2.22 bits per heavy atom. The van der Waals surface area contributed by atoms with E-state index in [1.807, 2.05) is 20.8 Å². The molecule has 0 aliphatic rings. The Balaban J connectivity index is 2.40. The number of sulfonamides is 1. The van der Waals surface area contributed by atoms with Crippen molar-refractivity contribution in [3.05, 3.63) is 58.1 Å². The molecule has 2 atom stereocenters. The third kappa shape index (κ3) is 8.28. The molecule has 198 valence electrons. The zero-order chi connectivity index (χ0) is 27.0. The summed E-state index contributed by atoms with van der Waals surface area (Å²) in [4.78, 5) is 27.8. The second-order valence-electron chi connectivity index (χ2n) is 8.45. The molecule has 0 spiro atoms. The summed E-state index contributed by atoms with van der Waals surface area (Å²) >= 11 is 12.4. The lowest BCUT2D eigenvalue weighted by atomic mass is 10.1. The Bertz CT molecular complexity index is 1160. The molecule has 0 fully saturated rings. The highest BCUT2D eigenvalue weighted by atomic mass is 35.5. The van der Waals surface area contributed by atoms with Crippen LogP contribution in [0.15, 0.2) is 42.5 Å². The van der Waals surface area contributed by atoms with Gasteiger partial charge in [-0.1, -0.05) is 36.2 Å². The minimum Gasteiger partial charge on any atom is -0.494 e. The van der Waals surface area contributed by atoms with Crippen LogP contribution in [-0.4, -0.2) is 56.6 Å². The van der Waals surface area contributed by atoms with Gasteiger partial charge >= 0.3 is 0 Å². The number of ether oxygens (including phenoxy) is 1. The van der Waals surface area contributed by atoms with E-state index in [2.05, 4.69) is 5.32 Å². The van der Waals surface area contributed by atoms with Gasteiger partial charge < -0.3 is 15.0 Å². The largest absolute Gasteiger partial charge is 0.494 e. The second kappa shape index (κ2) is 13.2. The molecule has 1 N–H and O–H groups in total. The van der Waals surface area contributed by atoms with Crippen molar-refractivity contribution in [3.8, 4) is 5.75 Å². The molecule has 0 bridgehead atoms. The summed E-state index contributed by atoms with van der Waals surface area (Å²) in [5, 5.41) is 3.64. The number of rotatable bonds is 12. The van der Waals surface area contributed by atoms with Gasteiger partial charge in [0.1, 0.15) is 18.3 Å². The fourth-order valence-electron chi connectivity index (χ4n) is 3.37. The number of hydrogen-bond acceptors (Lipinski definition) is 5. The van der Waals surface area contributed by atoms with Crippen LogP contribution in [0.1, 0.15) is 39.7 Å². The first-order valence-electron chi connectivity index (χ1n) is 11.6. The number of benzene rings is 2. The van der Waals surface area contributed by atoms with Crippen LogP contribution in [0.5, 0.6) is 5.75 Å². The Labute approximate surface area is 223 Å². The van der Waals surface area contributed by atoms with Crippen LogP contribution >= 0.6 is 23.2 Å². The third-order valence-electron chi connectivity index (χ3n) is 5.64. The van der Waals surface area contributed by atoms with Crippen molar-refractivity contribution in [2.75, 3.05) is 23.7 Å². The van der Waals surface area contributed by atoms with E-state index in [-0.39, 0.29) is 18.5 Å². The maximum atomic E-state index is 13.6. The van der Waals surface area contributed by atoms with Crippen molar-refractivity contribution in [2.45, 2.75) is 52.7 Å². The molecule has 11 heteroatoms. The maximum absolute atomic E-state index is 13.6. The molecule has 0 aliphatic carbocycles. The summed E-state index contributed by atoms with van der Waals surface area (Å²) in [6.07, 6.45) is 1.74. The van der Waals surface area contributed by atoms with Crippen LogP contribution in [0.2, 0.25) is 10.0 Å². The first kappa shape index (κ1) is 29.7. The molecular weight excluding hydrogens is 525 g/mol. The fourth-order valence-corrected chi connectivity index (χ4v) is 4.69. The number of carbonyl (C=O) groups is 2. The van der Waals surface area contributed by atoms with Crippen molar-refractivity contribution in [1.29, 1.82) is 0 Å². The number of carbonyl (C=O) groups excluding carboxylic acids is 2. The van der Waals surface area contributed by atoms with Crippen molar-refractivity contribution in [2.24, 2.45) is 0 Å². The van der Waals surface area contributed by atoms with Crippen LogP contribution in [0.4, 0.5) is 5.69 Å². The molecule has 0 unspecified atom stereocenters. The summed E-state index contributed by atoms with van der Waals surface area (Å²) in [6, 6.07) is 10.3. The molecule has 2 aromatic rings. The van der Waals surface area contributed by atoms with Crippen LogP contribution in [0, 0.1) is 0 Å². The molecule has 36 heavy (non-hydrogen) atoms. The maximum Gasteiger partial charge on any atom is 0.244 e. The van der Waals surface area contributed by atoms with Crippen molar-refractivity contribution < 1.29 is 22.7 Å². The van der Waals surface area contributed by atoms with Gasteiger partial charge in [-0.05, 0) is 69.2 Å². The van der Waals surface area contributed by atoms with Crippen LogP contribution in [-0.2, 0) is 26.2 Å². The minimum absolute atomic E-state index is 0.00912.